The number of aryl methyl sites for hydroxylation is 1. The number of phenolic OH excluding ortho intramolecular Hbond substituents is 1. The van der Waals surface area contributed by atoms with Gasteiger partial charge in [-0.3, -0.25) is 5.10 Å². The fraction of sp³-hybridized carbons (Fsp3) is 0.200. The summed E-state index contributed by atoms with van der Waals surface area (Å²) in [5, 5.41) is 16.8. The number of nitrogens with one attached hydrogen (secondary N) is 1. The lowest BCUT2D eigenvalue weighted by molar-refractivity contribution is 0.269. The second-order valence-electron chi connectivity index (χ2n) is 5.24. The maximum atomic E-state index is 14.5. The van der Waals surface area contributed by atoms with Crippen molar-refractivity contribution < 1.29 is 18.6 Å². The normalized spacial score (nSPS) is 17.5. The fourth-order valence-electron chi connectivity index (χ4n) is 2.88. The molecule has 0 saturated heterocycles. The largest absolute Gasteiger partial charge is 0.505 e. The standard InChI is InChI=1S/C15H11F2N3O2/c1-6-10-12-11(8(16)4-9(21)13(12)17)14(7-2-3-22-5-7)18-15(10)20-19-6/h2-4,7,21H,5H2,1H3,(H,18,19,20). The summed E-state index contributed by atoms with van der Waals surface area (Å²) in [7, 11) is 0. The smallest absolute Gasteiger partial charge is 0.173 e. The van der Waals surface area contributed by atoms with Gasteiger partial charge in [0.05, 0.1) is 35.6 Å². The molecule has 112 valence electrons. The highest BCUT2D eigenvalue weighted by Crippen LogP contribution is 2.38. The number of H-pyrrole nitrogens is 1. The van der Waals surface area contributed by atoms with Gasteiger partial charge in [0.2, 0.25) is 0 Å². The Bertz CT molecular complexity index is 949. The molecule has 1 aromatic carbocycles. The predicted octanol–water partition coefficient (Wildman–Crippen LogP) is 3.03. The number of fused-ring (bicyclic) bond motifs is 3. The van der Waals surface area contributed by atoms with Crippen LogP contribution in [0.25, 0.3) is 21.8 Å². The summed E-state index contributed by atoms with van der Waals surface area (Å²) in [6.07, 6.45) is 3.25. The fourth-order valence-corrected chi connectivity index (χ4v) is 2.88. The molecule has 7 heteroatoms. The van der Waals surface area contributed by atoms with Crippen molar-refractivity contribution in [2.24, 2.45) is 0 Å². The first-order valence-corrected chi connectivity index (χ1v) is 6.71. The summed E-state index contributed by atoms with van der Waals surface area (Å²) in [5.41, 5.74) is 1.20. The predicted molar refractivity (Wildman–Crippen MR) is 75.5 cm³/mol. The van der Waals surface area contributed by atoms with Gasteiger partial charge < -0.3 is 9.84 Å². The second-order valence-corrected chi connectivity index (χ2v) is 5.24. The number of benzene rings is 1. The van der Waals surface area contributed by atoms with Crippen molar-refractivity contribution >= 4 is 21.8 Å². The van der Waals surface area contributed by atoms with E-state index >= 15 is 0 Å². The van der Waals surface area contributed by atoms with Gasteiger partial charge in [0.15, 0.2) is 17.2 Å². The molecule has 5 nitrogen and oxygen atoms in total. The molecule has 1 atom stereocenters. The van der Waals surface area contributed by atoms with E-state index in [0.29, 0.717) is 29.0 Å². The Morgan fingerprint density at radius 1 is 1.32 bits per heavy atom. The van der Waals surface area contributed by atoms with Gasteiger partial charge in [0.1, 0.15) is 5.82 Å². The molecule has 1 aliphatic heterocycles. The molecule has 1 unspecified atom stereocenters. The van der Waals surface area contributed by atoms with Gasteiger partial charge in [-0.15, -0.1) is 0 Å². The summed E-state index contributed by atoms with van der Waals surface area (Å²) < 4.78 is 34.1. The molecule has 0 radical (unpaired) electrons. The van der Waals surface area contributed by atoms with E-state index < -0.39 is 17.4 Å². The maximum absolute atomic E-state index is 14.5. The molecule has 0 saturated carbocycles. The van der Waals surface area contributed by atoms with Crippen LogP contribution in [0.1, 0.15) is 17.3 Å². The number of pyridine rings is 1. The molecule has 3 aromatic rings. The summed E-state index contributed by atoms with van der Waals surface area (Å²) in [6.45, 7) is 1.97. The minimum atomic E-state index is -0.877. The van der Waals surface area contributed by atoms with Gasteiger partial charge in [-0.05, 0) is 13.0 Å². The Kier molecular flexibility index (Phi) is 2.60. The topological polar surface area (TPSA) is 71.0 Å². The number of rotatable bonds is 1. The summed E-state index contributed by atoms with van der Waals surface area (Å²) in [6, 6.07) is 0.767. The lowest BCUT2D eigenvalue weighted by Gasteiger charge is -2.13. The number of halogens is 2. The first kappa shape index (κ1) is 13.0. The van der Waals surface area contributed by atoms with Gasteiger partial charge in [-0.1, -0.05) is 0 Å². The van der Waals surface area contributed by atoms with Crippen molar-refractivity contribution in [2.45, 2.75) is 12.8 Å². The van der Waals surface area contributed by atoms with Crippen LogP contribution in [0.4, 0.5) is 8.78 Å². The SMILES string of the molecule is Cc1n[nH]c2nc(C3C=COC3)c3c(F)cc(O)c(F)c3c12. The van der Waals surface area contributed by atoms with Crippen molar-refractivity contribution in [1.82, 2.24) is 15.2 Å². The van der Waals surface area contributed by atoms with E-state index in [0.717, 1.165) is 6.07 Å². The lowest BCUT2D eigenvalue weighted by Crippen LogP contribution is -2.05. The Hall–Kier alpha value is -2.70. The zero-order valence-corrected chi connectivity index (χ0v) is 11.5. The van der Waals surface area contributed by atoms with Crippen LogP contribution in [-0.4, -0.2) is 26.9 Å². The molecule has 1 aliphatic rings. The molecule has 2 aromatic heterocycles. The second kappa shape index (κ2) is 4.40. The van der Waals surface area contributed by atoms with Crippen LogP contribution in [0.5, 0.6) is 5.75 Å². The lowest BCUT2D eigenvalue weighted by atomic mass is 9.97. The number of ether oxygens (including phenoxy) is 1. The molecule has 0 amide bonds. The first-order valence-electron chi connectivity index (χ1n) is 6.71. The van der Waals surface area contributed by atoms with E-state index in [1.165, 1.54) is 6.26 Å². The number of aromatic hydroxyl groups is 1. The number of hydrogen-bond donors (Lipinski definition) is 2. The number of hydrogen-bond acceptors (Lipinski definition) is 4. The first-order chi connectivity index (χ1) is 10.6. The summed E-state index contributed by atoms with van der Waals surface area (Å²) in [5.74, 6) is -2.62. The van der Waals surface area contributed by atoms with Crippen LogP contribution in [0.2, 0.25) is 0 Å². The number of aromatic amines is 1. The van der Waals surface area contributed by atoms with Crippen molar-refractivity contribution in [3.05, 3.63) is 41.4 Å². The van der Waals surface area contributed by atoms with Crippen molar-refractivity contribution in [1.29, 1.82) is 0 Å². The molecular formula is C15H11F2N3O2. The van der Waals surface area contributed by atoms with Crippen LogP contribution in [-0.2, 0) is 4.74 Å². The average Bonchev–Trinajstić information content (AvgIpc) is 3.13. The number of nitrogens with zero attached hydrogens (tertiary/aromatic N) is 2. The quantitative estimate of drug-likeness (QED) is 0.725. The number of aromatic nitrogens is 3. The third kappa shape index (κ3) is 1.62. The van der Waals surface area contributed by atoms with Crippen LogP contribution in [0.15, 0.2) is 18.4 Å². The minimum absolute atomic E-state index is 0.0101. The highest BCUT2D eigenvalue weighted by atomic mass is 19.1. The van der Waals surface area contributed by atoms with Gasteiger partial charge in [0, 0.05) is 16.8 Å². The van der Waals surface area contributed by atoms with Crippen LogP contribution >= 0.6 is 0 Å². The zero-order valence-electron chi connectivity index (χ0n) is 11.5. The summed E-state index contributed by atoms with van der Waals surface area (Å²) >= 11 is 0. The molecule has 4 rings (SSSR count). The molecule has 0 bridgehead atoms. The molecule has 0 fully saturated rings. The number of phenols is 1. The average molecular weight is 303 g/mol. The molecular weight excluding hydrogens is 292 g/mol. The van der Waals surface area contributed by atoms with Crippen molar-refractivity contribution in [3.63, 3.8) is 0 Å². The Morgan fingerprint density at radius 3 is 2.86 bits per heavy atom. The molecule has 0 aliphatic carbocycles. The van der Waals surface area contributed by atoms with Crippen LogP contribution in [0, 0.1) is 18.6 Å². The van der Waals surface area contributed by atoms with E-state index in [1.54, 1.807) is 13.0 Å². The zero-order chi connectivity index (χ0) is 15.4. The van der Waals surface area contributed by atoms with Crippen LogP contribution < -0.4 is 0 Å². The summed E-state index contributed by atoms with van der Waals surface area (Å²) in [4.78, 5) is 4.40. The minimum Gasteiger partial charge on any atom is -0.505 e. The van der Waals surface area contributed by atoms with E-state index in [9.17, 15) is 13.9 Å². The molecule has 22 heavy (non-hydrogen) atoms. The van der Waals surface area contributed by atoms with Gasteiger partial charge in [-0.2, -0.15) is 5.10 Å². The van der Waals surface area contributed by atoms with Gasteiger partial charge in [-0.25, -0.2) is 13.8 Å². The Balaban J connectivity index is 2.24. The van der Waals surface area contributed by atoms with Gasteiger partial charge >= 0.3 is 0 Å². The monoisotopic (exact) mass is 303 g/mol. The van der Waals surface area contributed by atoms with E-state index in [-0.39, 0.29) is 16.7 Å². The molecule has 2 N–H and O–H groups in total. The van der Waals surface area contributed by atoms with E-state index in [2.05, 4.69) is 15.2 Å². The van der Waals surface area contributed by atoms with Crippen molar-refractivity contribution in [2.75, 3.05) is 6.61 Å². The van der Waals surface area contributed by atoms with Crippen LogP contribution in [0.3, 0.4) is 0 Å². The molecule has 3 heterocycles. The van der Waals surface area contributed by atoms with Crippen molar-refractivity contribution in [3.8, 4) is 5.75 Å². The maximum Gasteiger partial charge on any atom is 0.173 e. The third-order valence-corrected chi connectivity index (χ3v) is 3.90. The van der Waals surface area contributed by atoms with Gasteiger partial charge in [0.25, 0.3) is 0 Å². The molecule has 0 spiro atoms. The van der Waals surface area contributed by atoms with E-state index in [4.69, 9.17) is 4.74 Å². The third-order valence-electron chi connectivity index (χ3n) is 3.90. The highest BCUT2D eigenvalue weighted by molar-refractivity contribution is 6.08. The highest BCUT2D eigenvalue weighted by Gasteiger charge is 2.26. The Labute approximate surface area is 123 Å². The Morgan fingerprint density at radius 2 is 2.14 bits per heavy atom. The van der Waals surface area contributed by atoms with E-state index in [1.807, 2.05) is 0 Å².